The van der Waals surface area contributed by atoms with E-state index in [0.717, 1.165) is 48.7 Å². The van der Waals surface area contributed by atoms with Crippen molar-refractivity contribution in [1.29, 1.82) is 0 Å². The molecule has 0 aliphatic heterocycles. The highest BCUT2D eigenvalue weighted by Gasteiger charge is 2.12. The van der Waals surface area contributed by atoms with E-state index in [4.69, 9.17) is 5.11 Å². The Morgan fingerprint density at radius 1 is 0.962 bits per heavy atom. The molecule has 0 bridgehead atoms. The van der Waals surface area contributed by atoms with E-state index in [-0.39, 0.29) is 0 Å². The molecule has 0 radical (unpaired) electrons. The normalized spacial score (nSPS) is 11.2. The Kier molecular flexibility index (Phi) is 8.29. The molecule has 2 aromatic rings. The van der Waals surface area contributed by atoms with Crippen molar-refractivity contribution in [1.82, 2.24) is 9.97 Å². The van der Waals surface area contributed by atoms with Crippen LogP contribution >= 0.6 is 11.3 Å². The highest BCUT2D eigenvalue weighted by molar-refractivity contribution is 7.18. The Morgan fingerprint density at radius 3 is 2.23 bits per heavy atom. The third-order valence-electron chi connectivity index (χ3n) is 4.75. The lowest BCUT2D eigenvalue weighted by Gasteiger charge is -2.08. The number of hydrogen-bond acceptors (Lipinski definition) is 5. The second-order valence-electron chi connectivity index (χ2n) is 6.98. The van der Waals surface area contributed by atoms with E-state index in [1.54, 1.807) is 11.3 Å². The lowest BCUT2D eigenvalue weighted by atomic mass is 10.1. The number of carboxylic acids is 1. The number of anilines is 1. The van der Waals surface area contributed by atoms with Gasteiger partial charge in [-0.05, 0) is 39.2 Å². The van der Waals surface area contributed by atoms with Gasteiger partial charge >= 0.3 is 5.97 Å². The van der Waals surface area contributed by atoms with Crippen molar-refractivity contribution in [3.8, 4) is 0 Å². The number of carboxylic acid groups (broad SMARTS) is 1. The zero-order valence-electron chi connectivity index (χ0n) is 16.2. The van der Waals surface area contributed by atoms with Gasteiger partial charge in [0.15, 0.2) is 0 Å². The third kappa shape index (κ3) is 6.24. The van der Waals surface area contributed by atoms with Gasteiger partial charge in [-0.15, -0.1) is 11.3 Å². The van der Waals surface area contributed by atoms with Crippen LogP contribution in [0.2, 0.25) is 0 Å². The van der Waals surface area contributed by atoms with Crippen molar-refractivity contribution >= 4 is 33.3 Å². The minimum absolute atomic E-state index is 0.310. The highest BCUT2D eigenvalue weighted by Crippen LogP contribution is 2.33. The number of aromatic nitrogens is 2. The van der Waals surface area contributed by atoms with Crippen molar-refractivity contribution < 1.29 is 9.90 Å². The van der Waals surface area contributed by atoms with Gasteiger partial charge in [0.2, 0.25) is 0 Å². The smallest absolute Gasteiger partial charge is 0.303 e. The van der Waals surface area contributed by atoms with Gasteiger partial charge in [-0.25, -0.2) is 9.97 Å². The molecule has 5 nitrogen and oxygen atoms in total. The van der Waals surface area contributed by atoms with Crippen LogP contribution in [0.3, 0.4) is 0 Å². The van der Waals surface area contributed by atoms with E-state index >= 15 is 0 Å². The summed E-state index contributed by atoms with van der Waals surface area (Å²) in [6.07, 6.45) is 9.38. The van der Waals surface area contributed by atoms with Gasteiger partial charge in [0.05, 0.1) is 5.39 Å². The van der Waals surface area contributed by atoms with Crippen molar-refractivity contribution in [2.45, 2.75) is 78.6 Å². The molecule has 0 atom stereocenters. The average Bonchev–Trinajstić information content (AvgIpc) is 2.86. The summed E-state index contributed by atoms with van der Waals surface area (Å²) >= 11 is 1.74. The molecule has 2 heterocycles. The van der Waals surface area contributed by atoms with E-state index in [1.165, 1.54) is 41.5 Å². The van der Waals surface area contributed by atoms with Gasteiger partial charge in [-0.1, -0.05) is 38.5 Å². The van der Waals surface area contributed by atoms with E-state index in [9.17, 15) is 4.79 Å². The third-order valence-corrected chi connectivity index (χ3v) is 5.85. The number of thiophene rings is 1. The van der Waals surface area contributed by atoms with Gasteiger partial charge in [0.25, 0.3) is 0 Å². The molecular formula is C20H31N3O2S. The van der Waals surface area contributed by atoms with Crippen LogP contribution in [0, 0.1) is 20.8 Å². The molecule has 2 aromatic heterocycles. The van der Waals surface area contributed by atoms with Crippen LogP contribution in [-0.2, 0) is 4.79 Å². The monoisotopic (exact) mass is 377 g/mol. The molecule has 0 amide bonds. The fourth-order valence-corrected chi connectivity index (χ4v) is 4.23. The summed E-state index contributed by atoms with van der Waals surface area (Å²) < 4.78 is 0. The molecule has 26 heavy (non-hydrogen) atoms. The molecule has 6 heteroatoms. The van der Waals surface area contributed by atoms with Gasteiger partial charge in [-0.2, -0.15) is 0 Å². The lowest BCUT2D eigenvalue weighted by Crippen LogP contribution is -2.05. The summed E-state index contributed by atoms with van der Waals surface area (Å²) in [5, 5.41) is 13.3. The maximum Gasteiger partial charge on any atom is 0.303 e. The van der Waals surface area contributed by atoms with Crippen LogP contribution in [-0.4, -0.2) is 27.6 Å². The Labute approximate surface area is 160 Å². The van der Waals surface area contributed by atoms with Gasteiger partial charge in [-0.3, -0.25) is 4.79 Å². The second kappa shape index (κ2) is 10.5. The van der Waals surface area contributed by atoms with Crippen LogP contribution in [0.25, 0.3) is 10.2 Å². The van der Waals surface area contributed by atoms with Gasteiger partial charge in [0.1, 0.15) is 16.5 Å². The largest absolute Gasteiger partial charge is 0.481 e. The maximum absolute atomic E-state index is 10.4. The van der Waals surface area contributed by atoms with Crippen molar-refractivity contribution in [2.24, 2.45) is 0 Å². The molecule has 0 unspecified atom stereocenters. The standard InChI is InChI=1S/C20H31N3O2S/c1-14-15(2)26-20-18(14)19(22-16(3)23-20)21-13-11-9-7-5-4-6-8-10-12-17(24)25/h4-13H2,1-3H3,(H,24,25)(H,21,22,23). The summed E-state index contributed by atoms with van der Waals surface area (Å²) in [6, 6.07) is 0. The van der Waals surface area contributed by atoms with Crippen molar-refractivity contribution in [3.05, 3.63) is 16.3 Å². The Balaban J connectivity index is 1.63. The minimum Gasteiger partial charge on any atom is -0.481 e. The predicted octanol–water partition coefficient (Wildman–Crippen LogP) is 5.62. The molecular weight excluding hydrogens is 346 g/mol. The molecule has 144 valence electrons. The summed E-state index contributed by atoms with van der Waals surface area (Å²) in [5.41, 5.74) is 1.29. The summed E-state index contributed by atoms with van der Waals surface area (Å²) in [4.78, 5) is 22.0. The quantitative estimate of drug-likeness (QED) is 0.469. The fraction of sp³-hybridized carbons (Fsp3) is 0.650. The first-order valence-corrected chi connectivity index (χ1v) is 10.5. The molecule has 2 rings (SSSR count). The van der Waals surface area contributed by atoms with E-state index in [2.05, 4.69) is 29.1 Å². The van der Waals surface area contributed by atoms with Crippen molar-refractivity contribution in [3.63, 3.8) is 0 Å². The highest BCUT2D eigenvalue weighted by atomic mass is 32.1. The zero-order valence-corrected chi connectivity index (χ0v) is 17.0. The molecule has 0 saturated carbocycles. The molecule has 0 fully saturated rings. The number of nitrogens with one attached hydrogen (secondary N) is 1. The molecule has 0 spiro atoms. The van der Waals surface area contributed by atoms with Gasteiger partial charge in [0, 0.05) is 17.8 Å². The first kappa shape index (κ1) is 20.6. The first-order chi connectivity index (χ1) is 12.5. The first-order valence-electron chi connectivity index (χ1n) is 9.69. The van der Waals surface area contributed by atoms with E-state index in [0.29, 0.717) is 6.42 Å². The van der Waals surface area contributed by atoms with Crippen molar-refractivity contribution in [2.75, 3.05) is 11.9 Å². The average molecular weight is 378 g/mol. The number of aryl methyl sites for hydroxylation is 3. The van der Waals surface area contributed by atoms with Crippen LogP contribution in [0.4, 0.5) is 5.82 Å². The molecule has 0 aromatic carbocycles. The van der Waals surface area contributed by atoms with E-state index in [1.807, 2.05) is 6.92 Å². The molecule has 2 N–H and O–H groups in total. The van der Waals surface area contributed by atoms with Crippen LogP contribution < -0.4 is 5.32 Å². The number of unbranched alkanes of at least 4 members (excludes halogenated alkanes) is 7. The molecule has 0 aliphatic carbocycles. The number of hydrogen-bond donors (Lipinski definition) is 2. The topological polar surface area (TPSA) is 75.1 Å². The summed E-state index contributed by atoms with van der Waals surface area (Å²) in [5.74, 6) is 1.12. The molecule has 0 saturated heterocycles. The van der Waals surface area contributed by atoms with Crippen LogP contribution in [0.15, 0.2) is 0 Å². The fourth-order valence-electron chi connectivity index (χ4n) is 3.15. The van der Waals surface area contributed by atoms with Crippen LogP contribution in [0.1, 0.15) is 74.1 Å². The summed E-state index contributed by atoms with van der Waals surface area (Å²) in [7, 11) is 0. The SMILES string of the molecule is Cc1nc(NCCCCCCCCCCC(=O)O)c2c(C)c(C)sc2n1. The predicted molar refractivity (Wildman–Crippen MR) is 109 cm³/mol. The number of fused-ring (bicyclic) bond motifs is 1. The van der Waals surface area contributed by atoms with E-state index < -0.39 is 5.97 Å². The minimum atomic E-state index is -0.679. The number of carbonyl (C=O) groups is 1. The Hall–Kier alpha value is -1.69. The van der Waals surface area contributed by atoms with Gasteiger partial charge < -0.3 is 10.4 Å². The summed E-state index contributed by atoms with van der Waals surface area (Å²) in [6.45, 7) is 7.18. The second-order valence-corrected chi connectivity index (χ2v) is 8.18. The maximum atomic E-state index is 10.4. The number of rotatable bonds is 12. The molecule has 0 aliphatic rings. The Morgan fingerprint density at radius 2 is 1.58 bits per heavy atom. The number of aliphatic carboxylic acids is 1. The van der Waals surface area contributed by atoms with Crippen LogP contribution in [0.5, 0.6) is 0 Å². The lowest BCUT2D eigenvalue weighted by molar-refractivity contribution is -0.137. The zero-order chi connectivity index (χ0) is 18.9. The number of nitrogens with zero attached hydrogens (tertiary/aromatic N) is 2. The Bertz CT molecular complexity index is 727.